The standard InChI is InChI=1S/C17H26N2O.ClH/c1-13-6-7-15(14(2)11-13)8-9-17(20)19-10-4-5-16(12-19)18-3;/h6-7,11,16,18H,4-5,8-10,12H2,1-3H3;1H. The summed E-state index contributed by atoms with van der Waals surface area (Å²) in [6, 6.07) is 6.95. The molecule has 1 amide bonds. The third kappa shape index (κ3) is 5.01. The van der Waals surface area contributed by atoms with Crippen LogP contribution in [0.3, 0.4) is 0 Å². The molecule has 3 nitrogen and oxygen atoms in total. The van der Waals surface area contributed by atoms with Gasteiger partial charge in [-0.05, 0) is 51.3 Å². The summed E-state index contributed by atoms with van der Waals surface area (Å²) in [6.07, 6.45) is 3.77. The number of likely N-dealkylation sites (tertiary alicyclic amines) is 1. The molecule has 1 aliphatic rings. The van der Waals surface area contributed by atoms with E-state index in [9.17, 15) is 4.79 Å². The van der Waals surface area contributed by atoms with Crippen LogP contribution in [0.4, 0.5) is 0 Å². The van der Waals surface area contributed by atoms with Gasteiger partial charge in [-0.15, -0.1) is 12.4 Å². The van der Waals surface area contributed by atoms with Crippen molar-refractivity contribution in [2.24, 2.45) is 0 Å². The summed E-state index contributed by atoms with van der Waals surface area (Å²) in [5.74, 6) is 0.296. The molecule has 1 aromatic rings. The van der Waals surface area contributed by atoms with Gasteiger partial charge in [0.15, 0.2) is 0 Å². The van der Waals surface area contributed by atoms with Crippen molar-refractivity contribution in [3.8, 4) is 0 Å². The van der Waals surface area contributed by atoms with Crippen molar-refractivity contribution in [3.63, 3.8) is 0 Å². The van der Waals surface area contributed by atoms with Crippen molar-refractivity contribution in [3.05, 3.63) is 34.9 Å². The summed E-state index contributed by atoms with van der Waals surface area (Å²) in [7, 11) is 1.98. The number of carbonyl (C=O) groups excluding carboxylic acids is 1. The molecule has 1 atom stereocenters. The second-order valence-corrected chi connectivity index (χ2v) is 5.90. The molecule has 0 aromatic heterocycles. The highest BCUT2D eigenvalue weighted by atomic mass is 35.5. The van der Waals surface area contributed by atoms with Gasteiger partial charge in [-0.3, -0.25) is 4.79 Å². The fourth-order valence-corrected chi connectivity index (χ4v) is 2.97. The summed E-state index contributed by atoms with van der Waals surface area (Å²) in [6.45, 7) is 6.02. The lowest BCUT2D eigenvalue weighted by Crippen LogP contribution is -2.47. The third-order valence-electron chi connectivity index (χ3n) is 4.29. The molecule has 0 spiro atoms. The Morgan fingerprint density at radius 3 is 2.81 bits per heavy atom. The maximum atomic E-state index is 12.3. The van der Waals surface area contributed by atoms with Gasteiger partial charge in [0.05, 0.1) is 0 Å². The smallest absolute Gasteiger partial charge is 0.222 e. The van der Waals surface area contributed by atoms with E-state index >= 15 is 0 Å². The van der Waals surface area contributed by atoms with E-state index in [4.69, 9.17) is 0 Å². The van der Waals surface area contributed by atoms with Gasteiger partial charge < -0.3 is 10.2 Å². The molecule has 2 rings (SSSR count). The maximum absolute atomic E-state index is 12.3. The number of nitrogens with zero attached hydrogens (tertiary/aromatic N) is 1. The van der Waals surface area contributed by atoms with Crippen LogP contribution in [0.15, 0.2) is 18.2 Å². The van der Waals surface area contributed by atoms with Gasteiger partial charge >= 0.3 is 0 Å². The summed E-state index contributed by atoms with van der Waals surface area (Å²) in [4.78, 5) is 14.3. The number of rotatable bonds is 4. The van der Waals surface area contributed by atoms with Crippen molar-refractivity contribution in [2.45, 2.75) is 45.6 Å². The molecule has 118 valence electrons. The van der Waals surface area contributed by atoms with Gasteiger partial charge in [0.1, 0.15) is 0 Å². The van der Waals surface area contributed by atoms with Gasteiger partial charge in [0.2, 0.25) is 5.91 Å². The number of benzene rings is 1. The number of hydrogen-bond donors (Lipinski definition) is 1. The van der Waals surface area contributed by atoms with E-state index < -0.39 is 0 Å². The molecule has 0 saturated carbocycles. The van der Waals surface area contributed by atoms with E-state index in [0.29, 0.717) is 18.4 Å². The Balaban J connectivity index is 0.00000220. The lowest BCUT2D eigenvalue weighted by Gasteiger charge is -2.32. The first-order valence-corrected chi connectivity index (χ1v) is 7.61. The second-order valence-electron chi connectivity index (χ2n) is 5.90. The number of piperidine rings is 1. The van der Waals surface area contributed by atoms with Crippen LogP contribution in [-0.2, 0) is 11.2 Å². The topological polar surface area (TPSA) is 32.3 Å². The maximum Gasteiger partial charge on any atom is 0.222 e. The Morgan fingerprint density at radius 2 is 2.14 bits per heavy atom. The predicted molar refractivity (Wildman–Crippen MR) is 90.1 cm³/mol. The van der Waals surface area contributed by atoms with Crippen LogP contribution in [0, 0.1) is 13.8 Å². The van der Waals surface area contributed by atoms with E-state index in [1.165, 1.54) is 23.1 Å². The molecule has 1 fully saturated rings. The normalized spacial score (nSPS) is 18.2. The van der Waals surface area contributed by atoms with E-state index in [-0.39, 0.29) is 12.4 Å². The van der Waals surface area contributed by atoms with Gasteiger partial charge in [-0.1, -0.05) is 23.8 Å². The number of aryl methyl sites for hydroxylation is 3. The number of hydrogen-bond acceptors (Lipinski definition) is 2. The zero-order valence-corrected chi connectivity index (χ0v) is 14.1. The van der Waals surface area contributed by atoms with E-state index in [1.54, 1.807) is 0 Å². The van der Waals surface area contributed by atoms with Crippen LogP contribution in [0.1, 0.15) is 36.0 Å². The summed E-state index contributed by atoms with van der Waals surface area (Å²) in [5.41, 5.74) is 3.88. The first-order chi connectivity index (χ1) is 9.60. The van der Waals surface area contributed by atoms with Gasteiger partial charge in [-0.2, -0.15) is 0 Å². The fourth-order valence-electron chi connectivity index (χ4n) is 2.97. The minimum atomic E-state index is 0. The van der Waals surface area contributed by atoms with Crippen molar-refractivity contribution in [2.75, 3.05) is 20.1 Å². The lowest BCUT2D eigenvalue weighted by atomic mass is 10.0. The Bertz CT molecular complexity index is 476. The number of nitrogens with one attached hydrogen (secondary N) is 1. The number of amides is 1. The summed E-state index contributed by atoms with van der Waals surface area (Å²) >= 11 is 0. The highest BCUT2D eigenvalue weighted by molar-refractivity contribution is 5.85. The largest absolute Gasteiger partial charge is 0.341 e. The Hall–Kier alpha value is -1.06. The second kappa shape index (κ2) is 8.40. The van der Waals surface area contributed by atoms with Gasteiger partial charge in [-0.25, -0.2) is 0 Å². The lowest BCUT2D eigenvalue weighted by molar-refractivity contribution is -0.132. The molecule has 1 unspecified atom stereocenters. The fraction of sp³-hybridized carbons (Fsp3) is 0.588. The average molecular weight is 311 g/mol. The summed E-state index contributed by atoms with van der Waals surface area (Å²) in [5, 5.41) is 3.28. The number of likely N-dealkylation sites (N-methyl/N-ethyl adjacent to an activating group) is 1. The van der Waals surface area contributed by atoms with Gasteiger partial charge in [0.25, 0.3) is 0 Å². The highest BCUT2D eigenvalue weighted by Gasteiger charge is 2.22. The van der Waals surface area contributed by atoms with Crippen LogP contribution >= 0.6 is 12.4 Å². The average Bonchev–Trinajstić information content (AvgIpc) is 2.46. The van der Waals surface area contributed by atoms with Crippen molar-refractivity contribution >= 4 is 18.3 Å². The van der Waals surface area contributed by atoms with Crippen LogP contribution in [-0.4, -0.2) is 37.0 Å². The van der Waals surface area contributed by atoms with Crippen molar-refractivity contribution < 1.29 is 4.79 Å². The molecule has 0 aliphatic carbocycles. The third-order valence-corrected chi connectivity index (χ3v) is 4.29. The molecule has 1 heterocycles. The van der Waals surface area contributed by atoms with E-state index in [0.717, 1.165) is 25.9 Å². The molecule has 4 heteroatoms. The Morgan fingerprint density at radius 1 is 1.38 bits per heavy atom. The van der Waals surface area contributed by atoms with E-state index in [1.807, 2.05) is 11.9 Å². The number of carbonyl (C=O) groups is 1. The zero-order chi connectivity index (χ0) is 14.5. The molecule has 1 aliphatic heterocycles. The SMILES string of the molecule is CNC1CCCN(C(=O)CCc2ccc(C)cc2C)C1.Cl. The predicted octanol–water partition coefficient (Wildman–Crippen LogP) is 2.87. The quantitative estimate of drug-likeness (QED) is 0.927. The minimum Gasteiger partial charge on any atom is -0.341 e. The molecule has 1 aromatic carbocycles. The van der Waals surface area contributed by atoms with Crippen LogP contribution in [0.25, 0.3) is 0 Å². The van der Waals surface area contributed by atoms with Crippen LogP contribution in [0.2, 0.25) is 0 Å². The molecule has 0 radical (unpaired) electrons. The van der Waals surface area contributed by atoms with Crippen molar-refractivity contribution in [1.82, 2.24) is 10.2 Å². The van der Waals surface area contributed by atoms with Gasteiger partial charge in [0, 0.05) is 25.6 Å². The molecule has 1 N–H and O–H groups in total. The Labute approximate surface area is 134 Å². The molecule has 0 bridgehead atoms. The van der Waals surface area contributed by atoms with E-state index in [2.05, 4.69) is 37.4 Å². The molecule has 21 heavy (non-hydrogen) atoms. The monoisotopic (exact) mass is 310 g/mol. The molecule has 1 saturated heterocycles. The molecular formula is C17H27ClN2O. The number of halogens is 1. The highest BCUT2D eigenvalue weighted by Crippen LogP contribution is 2.15. The van der Waals surface area contributed by atoms with Crippen LogP contribution < -0.4 is 5.32 Å². The minimum absolute atomic E-state index is 0. The van der Waals surface area contributed by atoms with Crippen molar-refractivity contribution in [1.29, 1.82) is 0 Å². The van der Waals surface area contributed by atoms with Crippen LogP contribution in [0.5, 0.6) is 0 Å². The molecular weight excluding hydrogens is 284 g/mol. The first-order valence-electron chi connectivity index (χ1n) is 7.61. The zero-order valence-electron chi connectivity index (χ0n) is 13.3. The summed E-state index contributed by atoms with van der Waals surface area (Å²) < 4.78 is 0. The first kappa shape index (κ1) is 18.0. The Kier molecular flexibility index (Phi) is 7.20.